The molecule has 3 nitrogen and oxygen atoms in total. The fraction of sp³-hybridized carbons (Fsp3) is 0.312. The first-order chi connectivity index (χ1) is 10.2. The highest BCUT2D eigenvalue weighted by molar-refractivity contribution is 7.99. The molecule has 0 fully saturated rings. The summed E-state index contributed by atoms with van der Waals surface area (Å²) in [6, 6.07) is 9.15. The summed E-state index contributed by atoms with van der Waals surface area (Å²) in [5.74, 6) is 1.05. The lowest BCUT2D eigenvalue weighted by Crippen LogP contribution is -2.30. The van der Waals surface area contributed by atoms with Crippen LogP contribution in [-0.4, -0.2) is 28.2 Å². The molecule has 110 valence electrons. The van der Waals surface area contributed by atoms with Crippen molar-refractivity contribution >= 4 is 28.1 Å². The Bertz CT molecular complexity index is 671. The molecule has 0 bridgehead atoms. The fourth-order valence-corrected chi connectivity index (χ4v) is 3.93. The number of benzene rings is 1. The zero-order valence-corrected chi connectivity index (χ0v) is 13.9. The molecule has 1 N–H and O–H groups in total. The molecule has 0 aliphatic carbocycles. The zero-order chi connectivity index (χ0) is 14.7. The second-order valence-corrected chi connectivity index (χ2v) is 7.11. The number of rotatable bonds is 6. The summed E-state index contributed by atoms with van der Waals surface area (Å²) in [6.07, 6.45) is 5.16. The van der Waals surface area contributed by atoms with Crippen molar-refractivity contribution < 1.29 is 0 Å². The normalized spacial score (nSPS) is 12.9. The molecule has 1 aromatic carbocycles. The van der Waals surface area contributed by atoms with Crippen LogP contribution in [0.15, 0.2) is 46.9 Å². The van der Waals surface area contributed by atoms with Crippen LogP contribution >= 0.6 is 23.1 Å². The SMILES string of the molecule is CNC(CSc1ccc(C)cc1)Cc1cn2ccsc2n1. The molecule has 3 aromatic rings. The number of hydrogen-bond acceptors (Lipinski definition) is 4. The summed E-state index contributed by atoms with van der Waals surface area (Å²) >= 11 is 3.58. The number of aryl methyl sites for hydroxylation is 1. The van der Waals surface area contributed by atoms with Crippen LogP contribution in [0, 0.1) is 6.92 Å². The first-order valence-corrected chi connectivity index (χ1v) is 8.89. The standard InChI is InChI=1S/C16H19N3S2/c1-12-3-5-15(6-4-12)21-11-14(17-2)9-13-10-19-7-8-20-16(19)18-13/h3-8,10,14,17H,9,11H2,1-2H3. The maximum Gasteiger partial charge on any atom is 0.193 e. The number of thioether (sulfide) groups is 1. The second kappa shape index (κ2) is 6.64. The highest BCUT2D eigenvalue weighted by Gasteiger charge is 2.11. The van der Waals surface area contributed by atoms with E-state index in [0.29, 0.717) is 6.04 Å². The number of nitrogens with one attached hydrogen (secondary N) is 1. The van der Waals surface area contributed by atoms with Crippen LogP contribution in [0.2, 0.25) is 0 Å². The van der Waals surface area contributed by atoms with Crippen LogP contribution in [0.5, 0.6) is 0 Å². The highest BCUT2D eigenvalue weighted by atomic mass is 32.2. The molecular formula is C16H19N3S2. The largest absolute Gasteiger partial charge is 0.316 e. The van der Waals surface area contributed by atoms with Gasteiger partial charge in [0.25, 0.3) is 0 Å². The molecule has 2 aromatic heterocycles. The first kappa shape index (κ1) is 14.6. The molecule has 0 radical (unpaired) electrons. The Morgan fingerprint density at radius 1 is 1.33 bits per heavy atom. The molecule has 0 aliphatic heterocycles. The third-order valence-electron chi connectivity index (χ3n) is 3.48. The predicted molar refractivity (Wildman–Crippen MR) is 91.5 cm³/mol. The van der Waals surface area contributed by atoms with Gasteiger partial charge in [-0.15, -0.1) is 23.1 Å². The molecule has 0 aliphatic rings. The Morgan fingerprint density at radius 3 is 2.86 bits per heavy atom. The van der Waals surface area contributed by atoms with Crippen LogP contribution in [0.1, 0.15) is 11.3 Å². The Hall–Kier alpha value is -1.30. The van der Waals surface area contributed by atoms with Crippen LogP contribution < -0.4 is 5.32 Å². The van der Waals surface area contributed by atoms with Crippen molar-refractivity contribution in [3.05, 3.63) is 53.3 Å². The van der Waals surface area contributed by atoms with Gasteiger partial charge < -0.3 is 5.32 Å². The van der Waals surface area contributed by atoms with E-state index < -0.39 is 0 Å². The van der Waals surface area contributed by atoms with Crippen molar-refractivity contribution in [1.82, 2.24) is 14.7 Å². The third kappa shape index (κ3) is 3.67. The van der Waals surface area contributed by atoms with E-state index in [1.807, 2.05) is 18.8 Å². The minimum atomic E-state index is 0.431. The number of aromatic nitrogens is 2. The van der Waals surface area contributed by atoms with Gasteiger partial charge >= 0.3 is 0 Å². The number of fused-ring (bicyclic) bond motifs is 1. The topological polar surface area (TPSA) is 29.3 Å². The van der Waals surface area contributed by atoms with Crippen molar-refractivity contribution in [3.63, 3.8) is 0 Å². The minimum absolute atomic E-state index is 0.431. The van der Waals surface area contributed by atoms with E-state index >= 15 is 0 Å². The van der Waals surface area contributed by atoms with Gasteiger partial charge in [0, 0.05) is 40.9 Å². The molecule has 0 spiro atoms. The molecule has 21 heavy (non-hydrogen) atoms. The molecule has 3 rings (SSSR count). The minimum Gasteiger partial charge on any atom is -0.316 e. The van der Waals surface area contributed by atoms with Crippen molar-refractivity contribution in [2.24, 2.45) is 0 Å². The van der Waals surface area contributed by atoms with Crippen LogP contribution in [0.4, 0.5) is 0 Å². The monoisotopic (exact) mass is 317 g/mol. The molecule has 0 saturated heterocycles. The lowest BCUT2D eigenvalue weighted by molar-refractivity contribution is 0.611. The van der Waals surface area contributed by atoms with E-state index in [2.05, 4.69) is 63.7 Å². The maximum absolute atomic E-state index is 4.66. The van der Waals surface area contributed by atoms with Gasteiger partial charge in [0.15, 0.2) is 4.96 Å². The maximum atomic E-state index is 4.66. The molecule has 0 saturated carbocycles. The summed E-state index contributed by atoms with van der Waals surface area (Å²) < 4.78 is 2.10. The Morgan fingerprint density at radius 2 is 2.14 bits per heavy atom. The van der Waals surface area contributed by atoms with E-state index in [9.17, 15) is 0 Å². The highest BCUT2D eigenvalue weighted by Crippen LogP contribution is 2.20. The fourth-order valence-electron chi connectivity index (χ4n) is 2.20. The molecule has 0 amide bonds. The van der Waals surface area contributed by atoms with Gasteiger partial charge in [-0.05, 0) is 26.1 Å². The number of likely N-dealkylation sites (N-methyl/N-ethyl adjacent to an activating group) is 1. The number of nitrogens with zero attached hydrogens (tertiary/aromatic N) is 2. The van der Waals surface area contributed by atoms with E-state index in [4.69, 9.17) is 0 Å². The number of thiazole rings is 1. The van der Waals surface area contributed by atoms with Gasteiger partial charge in [0.05, 0.1) is 5.69 Å². The van der Waals surface area contributed by atoms with E-state index in [1.165, 1.54) is 10.5 Å². The second-order valence-electron chi connectivity index (χ2n) is 5.14. The average Bonchev–Trinajstić information content (AvgIpc) is 3.06. The Kier molecular flexibility index (Phi) is 4.63. The van der Waals surface area contributed by atoms with Crippen LogP contribution in [-0.2, 0) is 6.42 Å². The zero-order valence-electron chi connectivity index (χ0n) is 12.2. The molecule has 5 heteroatoms. The van der Waals surface area contributed by atoms with Crippen molar-refractivity contribution in [2.45, 2.75) is 24.3 Å². The van der Waals surface area contributed by atoms with Gasteiger partial charge in [0.2, 0.25) is 0 Å². The van der Waals surface area contributed by atoms with E-state index in [0.717, 1.165) is 22.8 Å². The van der Waals surface area contributed by atoms with Gasteiger partial charge in [-0.25, -0.2) is 4.98 Å². The van der Waals surface area contributed by atoms with Crippen LogP contribution in [0.3, 0.4) is 0 Å². The average molecular weight is 317 g/mol. The number of hydrogen-bond donors (Lipinski definition) is 1. The summed E-state index contributed by atoms with van der Waals surface area (Å²) in [5, 5.41) is 5.47. The van der Waals surface area contributed by atoms with E-state index in [1.54, 1.807) is 11.3 Å². The number of imidazole rings is 1. The van der Waals surface area contributed by atoms with Gasteiger partial charge in [-0.2, -0.15) is 0 Å². The predicted octanol–water partition coefficient (Wildman–Crippen LogP) is 3.63. The molecule has 1 unspecified atom stereocenters. The summed E-state index contributed by atoms with van der Waals surface area (Å²) in [4.78, 5) is 7.06. The molecule has 1 atom stereocenters. The van der Waals surface area contributed by atoms with Crippen LogP contribution in [0.25, 0.3) is 4.96 Å². The summed E-state index contributed by atoms with van der Waals surface area (Å²) in [6.45, 7) is 2.12. The van der Waals surface area contributed by atoms with Gasteiger partial charge in [-0.1, -0.05) is 17.7 Å². The lowest BCUT2D eigenvalue weighted by atomic mass is 10.2. The third-order valence-corrected chi connectivity index (χ3v) is 5.42. The van der Waals surface area contributed by atoms with Crippen molar-refractivity contribution in [1.29, 1.82) is 0 Å². The Balaban J connectivity index is 1.59. The molecule has 2 heterocycles. The van der Waals surface area contributed by atoms with Crippen molar-refractivity contribution in [2.75, 3.05) is 12.8 Å². The summed E-state index contributed by atoms with van der Waals surface area (Å²) in [5.41, 5.74) is 2.47. The van der Waals surface area contributed by atoms with Gasteiger partial charge in [0.1, 0.15) is 0 Å². The molecular weight excluding hydrogens is 298 g/mol. The first-order valence-electron chi connectivity index (χ1n) is 7.02. The van der Waals surface area contributed by atoms with Crippen molar-refractivity contribution in [3.8, 4) is 0 Å². The summed E-state index contributed by atoms with van der Waals surface area (Å²) in [7, 11) is 2.03. The Labute approximate surface area is 133 Å². The quantitative estimate of drug-likeness (QED) is 0.704. The van der Waals surface area contributed by atoms with E-state index in [-0.39, 0.29) is 0 Å². The lowest BCUT2D eigenvalue weighted by Gasteiger charge is -2.14. The van der Waals surface area contributed by atoms with Gasteiger partial charge in [-0.3, -0.25) is 4.40 Å². The smallest absolute Gasteiger partial charge is 0.193 e.